The standard InChI is InChI=1S/C12H22N2O3/c1-3-6-14(4-2)7-5-13-11(15)9-8-10(9)12(16)17/h9-10H,3-8H2,1-2H3,(H,13,15)(H,16,17). The minimum atomic E-state index is -0.855. The highest BCUT2D eigenvalue weighted by Crippen LogP contribution is 2.38. The highest BCUT2D eigenvalue weighted by molar-refractivity contribution is 5.89. The smallest absolute Gasteiger partial charge is 0.307 e. The fourth-order valence-corrected chi connectivity index (χ4v) is 1.97. The Morgan fingerprint density at radius 3 is 2.47 bits per heavy atom. The molecule has 98 valence electrons. The number of hydrogen-bond acceptors (Lipinski definition) is 3. The lowest BCUT2D eigenvalue weighted by molar-refractivity contribution is -0.140. The first-order valence-corrected chi connectivity index (χ1v) is 6.33. The number of aliphatic carboxylic acids is 1. The molecule has 0 aromatic carbocycles. The van der Waals surface area contributed by atoms with Gasteiger partial charge in [0.15, 0.2) is 0 Å². The highest BCUT2D eigenvalue weighted by atomic mass is 16.4. The van der Waals surface area contributed by atoms with Crippen molar-refractivity contribution in [3.05, 3.63) is 0 Å². The number of likely N-dealkylation sites (N-methyl/N-ethyl adjacent to an activating group) is 1. The summed E-state index contributed by atoms with van der Waals surface area (Å²) in [4.78, 5) is 24.4. The highest BCUT2D eigenvalue weighted by Gasteiger charge is 2.48. The van der Waals surface area contributed by atoms with E-state index in [1.54, 1.807) is 0 Å². The van der Waals surface area contributed by atoms with Gasteiger partial charge in [0.25, 0.3) is 0 Å². The zero-order valence-corrected chi connectivity index (χ0v) is 10.6. The third-order valence-electron chi connectivity index (χ3n) is 3.16. The zero-order chi connectivity index (χ0) is 12.8. The van der Waals surface area contributed by atoms with Crippen LogP contribution in [0.2, 0.25) is 0 Å². The maximum atomic E-state index is 11.6. The van der Waals surface area contributed by atoms with Crippen LogP contribution in [0.25, 0.3) is 0 Å². The number of carbonyl (C=O) groups is 2. The molecule has 0 heterocycles. The van der Waals surface area contributed by atoms with Gasteiger partial charge in [-0.3, -0.25) is 9.59 Å². The molecule has 1 aliphatic carbocycles. The van der Waals surface area contributed by atoms with E-state index in [0.717, 1.165) is 26.1 Å². The largest absolute Gasteiger partial charge is 0.481 e. The van der Waals surface area contributed by atoms with Crippen LogP contribution in [-0.2, 0) is 9.59 Å². The maximum Gasteiger partial charge on any atom is 0.307 e. The van der Waals surface area contributed by atoms with Crippen LogP contribution >= 0.6 is 0 Å². The number of nitrogens with one attached hydrogen (secondary N) is 1. The summed E-state index contributed by atoms with van der Waals surface area (Å²) in [5.74, 6) is -1.71. The molecule has 17 heavy (non-hydrogen) atoms. The predicted octanol–water partition coefficient (Wildman–Crippen LogP) is 0.555. The van der Waals surface area contributed by atoms with E-state index in [9.17, 15) is 9.59 Å². The molecule has 0 radical (unpaired) electrons. The summed E-state index contributed by atoms with van der Waals surface area (Å²) in [5.41, 5.74) is 0. The van der Waals surface area contributed by atoms with Crippen LogP contribution in [0.3, 0.4) is 0 Å². The number of carbonyl (C=O) groups excluding carboxylic acids is 1. The van der Waals surface area contributed by atoms with Crippen molar-refractivity contribution >= 4 is 11.9 Å². The molecule has 1 saturated carbocycles. The van der Waals surface area contributed by atoms with E-state index in [1.807, 2.05) is 0 Å². The molecule has 1 aliphatic rings. The maximum absolute atomic E-state index is 11.6. The van der Waals surface area contributed by atoms with E-state index < -0.39 is 11.9 Å². The van der Waals surface area contributed by atoms with Crippen LogP contribution in [0.15, 0.2) is 0 Å². The second-order valence-corrected chi connectivity index (χ2v) is 4.51. The van der Waals surface area contributed by atoms with Gasteiger partial charge in [-0.15, -0.1) is 0 Å². The first kappa shape index (κ1) is 14.0. The fraction of sp³-hybridized carbons (Fsp3) is 0.833. The first-order valence-electron chi connectivity index (χ1n) is 6.33. The lowest BCUT2D eigenvalue weighted by Crippen LogP contribution is -2.36. The van der Waals surface area contributed by atoms with Gasteiger partial charge in [-0.2, -0.15) is 0 Å². The fourth-order valence-electron chi connectivity index (χ4n) is 1.97. The molecule has 2 N–H and O–H groups in total. The monoisotopic (exact) mass is 242 g/mol. The number of nitrogens with zero attached hydrogens (tertiary/aromatic N) is 1. The Morgan fingerprint density at radius 1 is 1.29 bits per heavy atom. The molecule has 1 amide bonds. The van der Waals surface area contributed by atoms with Crippen molar-refractivity contribution in [2.45, 2.75) is 26.7 Å². The number of carboxylic acid groups (broad SMARTS) is 1. The quantitative estimate of drug-likeness (QED) is 0.652. The Hall–Kier alpha value is -1.10. The summed E-state index contributed by atoms with van der Waals surface area (Å²) >= 11 is 0. The van der Waals surface area contributed by atoms with Crippen molar-refractivity contribution in [3.8, 4) is 0 Å². The van der Waals surface area contributed by atoms with Gasteiger partial charge in [-0.25, -0.2) is 0 Å². The topological polar surface area (TPSA) is 69.6 Å². The van der Waals surface area contributed by atoms with Gasteiger partial charge in [0.1, 0.15) is 0 Å². The van der Waals surface area contributed by atoms with Crippen LogP contribution in [0.5, 0.6) is 0 Å². The number of carboxylic acids is 1. The second kappa shape index (κ2) is 6.59. The average molecular weight is 242 g/mol. The van der Waals surface area contributed by atoms with Crippen LogP contribution < -0.4 is 5.32 Å². The number of rotatable bonds is 8. The second-order valence-electron chi connectivity index (χ2n) is 4.51. The van der Waals surface area contributed by atoms with Crippen molar-refractivity contribution in [1.82, 2.24) is 10.2 Å². The molecular weight excluding hydrogens is 220 g/mol. The van der Waals surface area contributed by atoms with Gasteiger partial charge in [0.2, 0.25) is 5.91 Å². The lowest BCUT2D eigenvalue weighted by atomic mass is 10.3. The van der Waals surface area contributed by atoms with Crippen molar-refractivity contribution in [1.29, 1.82) is 0 Å². The molecule has 2 atom stereocenters. The molecular formula is C12H22N2O3. The molecule has 0 spiro atoms. The van der Waals surface area contributed by atoms with Crippen LogP contribution in [0.1, 0.15) is 26.7 Å². The summed E-state index contributed by atoms with van der Waals surface area (Å²) in [6.07, 6.45) is 1.60. The Kier molecular flexibility index (Phi) is 5.41. The summed E-state index contributed by atoms with van der Waals surface area (Å²) < 4.78 is 0. The van der Waals surface area contributed by atoms with Gasteiger partial charge in [-0.05, 0) is 25.9 Å². The molecule has 0 saturated heterocycles. The third-order valence-corrected chi connectivity index (χ3v) is 3.16. The minimum Gasteiger partial charge on any atom is -0.481 e. The summed E-state index contributed by atoms with van der Waals surface area (Å²) in [6, 6.07) is 0. The van der Waals surface area contributed by atoms with E-state index >= 15 is 0 Å². The molecule has 0 aliphatic heterocycles. The molecule has 0 aromatic heterocycles. The van der Waals surface area contributed by atoms with E-state index in [4.69, 9.17) is 5.11 Å². The van der Waals surface area contributed by atoms with E-state index in [1.165, 1.54) is 0 Å². The van der Waals surface area contributed by atoms with Crippen molar-refractivity contribution in [2.75, 3.05) is 26.2 Å². The van der Waals surface area contributed by atoms with E-state index in [2.05, 4.69) is 24.1 Å². The molecule has 1 rings (SSSR count). The Balaban J connectivity index is 2.14. The van der Waals surface area contributed by atoms with Crippen LogP contribution in [0, 0.1) is 11.8 Å². The molecule has 5 nitrogen and oxygen atoms in total. The van der Waals surface area contributed by atoms with Gasteiger partial charge >= 0.3 is 5.97 Å². The van der Waals surface area contributed by atoms with Gasteiger partial charge in [-0.1, -0.05) is 13.8 Å². The third kappa shape index (κ3) is 4.34. The molecule has 0 bridgehead atoms. The summed E-state index contributed by atoms with van der Waals surface area (Å²) in [6.45, 7) is 7.68. The van der Waals surface area contributed by atoms with Crippen molar-refractivity contribution in [2.24, 2.45) is 11.8 Å². The Bertz CT molecular complexity index is 281. The molecule has 1 fully saturated rings. The predicted molar refractivity (Wildman–Crippen MR) is 64.6 cm³/mol. The molecule has 2 unspecified atom stereocenters. The SMILES string of the molecule is CCCN(CC)CCNC(=O)C1CC1C(=O)O. The van der Waals surface area contributed by atoms with Crippen molar-refractivity contribution < 1.29 is 14.7 Å². The summed E-state index contributed by atoms with van der Waals surface area (Å²) in [5, 5.41) is 11.5. The van der Waals surface area contributed by atoms with Gasteiger partial charge < -0.3 is 15.3 Å². The van der Waals surface area contributed by atoms with E-state index in [-0.39, 0.29) is 11.8 Å². The average Bonchev–Trinajstić information content (AvgIpc) is 3.07. The Labute approximate surface area is 102 Å². The zero-order valence-electron chi connectivity index (χ0n) is 10.6. The first-order chi connectivity index (χ1) is 8.10. The van der Waals surface area contributed by atoms with Crippen LogP contribution in [-0.4, -0.2) is 48.1 Å². The summed E-state index contributed by atoms with van der Waals surface area (Å²) in [7, 11) is 0. The van der Waals surface area contributed by atoms with Crippen LogP contribution in [0.4, 0.5) is 0 Å². The minimum absolute atomic E-state index is 0.107. The van der Waals surface area contributed by atoms with E-state index in [0.29, 0.717) is 13.0 Å². The van der Waals surface area contributed by atoms with Gasteiger partial charge in [0.05, 0.1) is 11.8 Å². The normalized spacial score (nSPS) is 22.5. The molecule has 0 aromatic rings. The Morgan fingerprint density at radius 2 is 2.00 bits per heavy atom. The van der Waals surface area contributed by atoms with Crippen molar-refractivity contribution in [3.63, 3.8) is 0 Å². The number of hydrogen-bond donors (Lipinski definition) is 2. The molecule has 5 heteroatoms. The lowest BCUT2D eigenvalue weighted by Gasteiger charge is -2.19. The van der Waals surface area contributed by atoms with Gasteiger partial charge in [0, 0.05) is 13.1 Å². The number of amides is 1.